The first kappa shape index (κ1) is 19.8. The van der Waals surface area contributed by atoms with E-state index in [0.29, 0.717) is 21.5 Å². The Morgan fingerprint density at radius 3 is 2.50 bits per heavy atom. The molecule has 0 fully saturated rings. The van der Waals surface area contributed by atoms with Crippen molar-refractivity contribution in [3.63, 3.8) is 0 Å². The first-order valence-corrected chi connectivity index (χ1v) is 10.0. The van der Waals surface area contributed by atoms with Crippen LogP contribution in [0.3, 0.4) is 0 Å². The van der Waals surface area contributed by atoms with Crippen molar-refractivity contribution in [2.75, 3.05) is 11.1 Å². The normalized spacial score (nSPS) is 10.8. The van der Waals surface area contributed by atoms with Gasteiger partial charge in [-0.15, -0.1) is 10.2 Å². The number of benzene rings is 2. The number of nitro benzene ring substituents is 1. The second-order valence-electron chi connectivity index (χ2n) is 6.12. The molecule has 0 aliphatic rings. The van der Waals surface area contributed by atoms with Crippen molar-refractivity contribution in [1.29, 1.82) is 0 Å². The Labute approximate surface area is 179 Å². The van der Waals surface area contributed by atoms with Crippen LogP contribution in [0.2, 0.25) is 5.02 Å². The number of carbonyl (C=O) groups excluding carboxylic acids is 1. The molecule has 1 N–H and O–H groups in total. The predicted octanol–water partition coefficient (Wildman–Crippen LogP) is 4.08. The number of aromatic nitrogens is 4. The highest BCUT2D eigenvalue weighted by molar-refractivity contribution is 7.99. The Morgan fingerprint density at radius 1 is 1.07 bits per heavy atom. The lowest BCUT2D eigenvalue weighted by Crippen LogP contribution is -2.14. The van der Waals surface area contributed by atoms with Gasteiger partial charge in [-0.1, -0.05) is 35.5 Å². The molecule has 4 aromatic rings. The third kappa shape index (κ3) is 4.39. The third-order valence-corrected chi connectivity index (χ3v) is 5.24. The van der Waals surface area contributed by atoms with Crippen LogP contribution in [-0.4, -0.2) is 36.4 Å². The molecule has 0 aliphatic heterocycles. The van der Waals surface area contributed by atoms with E-state index in [4.69, 9.17) is 11.6 Å². The van der Waals surface area contributed by atoms with Crippen molar-refractivity contribution in [3.05, 3.63) is 75.8 Å². The summed E-state index contributed by atoms with van der Waals surface area (Å²) in [6.45, 7) is 0. The summed E-state index contributed by atoms with van der Waals surface area (Å²) in [7, 11) is 0. The first-order chi connectivity index (χ1) is 14.5. The van der Waals surface area contributed by atoms with Gasteiger partial charge in [0.25, 0.3) is 5.69 Å². The first-order valence-electron chi connectivity index (χ1n) is 8.65. The van der Waals surface area contributed by atoms with Gasteiger partial charge >= 0.3 is 0 Å². The quantitative estimate of drug-likeness (QED) is 0.273. The van der Waals surface area contributed by atoms with Gasteiger partial charge < -0.3 is 5.32 Å². The van der Waals surface area contributed by atoms with E-state index in [9.17, 15) is 14.9 Å². The zero-order valence-electron chi connectivity index (χ0n) is 15.2. The fourth-order valence-corrected chi connectivity index (χ4v) is 3.44. The highest BCUT2D eigenvalue weighted by Gasteiger charge is 2.12. The lowest BCUT2D eigenvalue weighted by atomic mass is 10.1. The molecule has 0 spiro atoms. The zero-order chi connectivity index (χ0) is 21.1. The number of nitrogens with zero attached hydrogens (tertiary/aromatic N) is 5. The SMILES string of the molecule is O=C(CSc1nnc2ccc(-c3ccc(Cl)cc3)nn12)Nc1ccc([N+](=O)[O-])cc1. The van der Waals surface area contributed by atoms with Gasteiger partial charge in [0.2, 0.25) is 11.1 Å². The van der Waals surface area contributed by atoms with Crippen molar-refractivity contribution >= 4 is 46.3 Å². The van der Waals surface area contributed by atoms with Crippen LogP contribution in [0.1, 0.15) is 0 Å². The van der Waals surface area contributed by atoms with Gasteiger partial charge in [-0.25, -0.2) is 0 Å². The molecule has 30 heavy (non-hydrogen) atoms. The number of non-ortho nitro benzene ring substituents is 1. The Balaban J connectivity index is 1.45. The van der Waals surface area contributed by atoms with E-state index < -0.39 is 4.92 Å². The molecule has 0 radical (unpaired) electrons. The molecule has 0 atom stereocenters. The van der Waals surface area contributed by atoms with E-state index in [1.807, 2.05) is 18.2 Å². The fourth-order valence-electron chi connectivity index (χ4n) is 2.63. The Bertz CT molecular complexity index is 1230. The number of rotatable bonds is 6. The molecule has 2 aromatic heterocycles. The second-order valence-corrected chi connectivity index (χ2v) is 7.50. The van der Waals surface area contributed by atoms with E-state index in [1.54, 1.807) is 22.7 Å². The number of fused-ring (bicyclic) bond motifs is 1. The van der Waals surface area contributed by atoms with Crippen LogP contribution in [0.15, 0.2) is 65.8 Å². The number of carbonyl (C=O) groups is 1. The summed E-state index contributed by atoms with van der Waals surface area (Å²) in [4.78, 5) is 22.4. The van der Waals surface area contributed by atoms with Gasteiger partial charge in [-0.05, 0) is 36.4 Å². The standard InChI is InChI=1S/C19H13ClN6O3S/c20-13-3-1-12(2-4-13)16-9-10-17-22-23-19(25(17)24-16)30-11-18(27)21-14-5-7-15(8-6-14)26(28)29/h1-10H,11H2,(H,21,27). The maximum absolute atomic E-state index is 12.2. The minimum Gasteiger partial charge on any atom is -0.325 e. The van der Waals surface area contributed by atoms with Crippen LogP contribution >= 0.6 is 23.4 Å². The third-order valence-electron chi connectivity index (χ3n) is 4.07. The van der Waals surface area contributed by atoms with Crippen LogP contribution in [0.25, 0.3) is 16.9 Å². The number of hydrogen-bond donors (Lipinski definition) is 1. The number of nitrogens with one attached hydrogen (secondary N) is 1. The van der Waals surface area contributed by atoms with Crippen molar-refractivity contribution < 1.29 is 9.72 Å². The van der Waals surface area contributed by atoms with Gasteiger partial charge in [0.1, 0.15) is 0 Å². The lowest BCUT2D eigenvalue weighted by Gasteiger charge is -2.05. The zero-order valence-corrected chi connectivity index (χ0v) is 16.8. The predicted molar refractivity (Wildman–Crippen MR) is 114 cm³/mol. The van der Waals surface area contributed by atoms with Crippen LogP contribution in [0, 0.1) is 10.1 Å². The molecule has 2 heterocycles. The Kier molecular flexibility index (Phi) is 5.59. The molecule has 2 aromatic carbocycles. The van der Waals surface area contributed by atoms with Crippen molar-refractivity contribution in [3.8, 4) is 11.3 Å². The van der Waals surface area contributed by atoms with E-state index in [-0.39, 0.29) is 17.3 Å². The highest BCUT2D eigenvalue weighted by atomic mass is 35.5. The molecule has 0 aliphatic carbocycles. The molecule has 0 saturated carbocycles. The maximum atomic E-state index is 12.2. The molecule has 0 bridgehead atoms. The summed E-state index contributed by atoms with van der Waals surface area (Å²) in [5.41, 5.74) is 2.60. The maximum Gasteiger partial charge on any atom is 0.269 e. The van der Waals surface area contributed by atoms with E-state index in [1.165, 1.54) is 36.0 Å². The minimum atomic E-state index is -0.497. The fraction of sp³-hybridized carbons (Fsp3) is 0.0526. The molecule has 0 unspecified atom stereocenters. The van der Waals surface area contributed by atoms with Crippen molar-refractivity contribution in [1.82, 2.24) is 19.8 Å². The minimum absolute atomic E-state index is 0.0418. The van der Waals surface area contributed by atoms with Crippen molar-refractivity contribution in [2.45, 2.75) is 5.16 Å². The summed E-state index contributed by atoms with van der Waals surface area (Å²) >= 11 is 7.12. The largest absolute Gasteiger partial charge is 0.325 e. The van der Waals surface area contributed by atoms with E-state index in [2.05, 4.69) is 20.6 Å². The molecule has 150 valence electrons. The number of amides is 1. The number of hydrogen-bond acceptors (Lipinski definition) is 7. The molecule has 9 nitrogen and oxygen atoms in total. The second kappa shape index (κ2) is 8.47. The van der Waals surface area contributed by atoms with Gasteiger partial charge in [-0.3, -0.25) is 14.9 Å². The molecule has 4 rings (SSSR count). The van der Waals surface area contributed by atoms with E-state index in [0.717, 1.165) is 11.3 Å². The smallest absolute Gasteiger partial charge is 0.269 e. The Morgan fingerprint density at radius 2 is 1.80 bits per heavy atom. The summed E-state index contributed by atoms with van der Waals surface area (Å²) in [6.07, 6.45) is 0. The monoisotopic (exact) mass is 440 g/mol. The van der Waals surface area contributed by atoms with Crippen molar-refractivity contribution in [2.24, 2.45) is 0 Å². The summed E-state index contributed by atoms with van der Waals surface area (Å²) in [5, 5.41) is 27.2. The van der Waals surface area contributed by atoms with Gasteiger partial charge in [-0.2, -0.15) is 9.61 Å². The summed E-state index contributed by atoms with van der Waals surface area (Å²) in [6, 6.07) is 16.6. The van der Waals surface area contributed by atoms with Crippen LogP contribution in [0.5, 0.6) is 0 Å². The molecule has 1 amide bonds. The average molecular weight is 441 g/mol. The van der Waals surface area contributed by atoms with Gasteiger partial charge in [0.05, 0.1) is 16.4 Å². The Hall–Kier alpha value is -3.50. The molecule has 0 saturated heterocycles. The topological polar surface area (TPSA) is 115 Å². The summed E-state index contributed by atoms with van der Waals surface area (Å²) < 4.78 is 1.58. The summed E-state index contributed by atoms with van der Waals surface area (Å²) in [5.74, 6) is -0.204. The van der Waals surface area contributed by atoms with Gasteiger partial charge in [0, 0.05) is 28.4 Å². The van der Waals surface area contributed by atoms with Crippen LogP contribution < -0.4 is 5.32 Å². The number of thioether (sulfide) groups is 1. The number of nitro groups is 1. The molecule has 11 heteroatoms. The average Bonchev–Trinajstić information content (AvgIpc) is 3.15. The number of halogens is 1. The highest BCUT2D eigenvalue weighted by Crippen LogP contribution is 2.22. The molecular weight excluding hydrogens is 428 g/mol. The van der Waals surface area contributed by atoms with Crippen LogP contribution in [-0.2, 0) is 4.79 Å². The lowest BCUT2D eigenvalue weighted by molar-refractivity contribution is -0.384. The van der Waals surface area contributed by atoms with Crippen LogP contribution in [0.4, 0.5) is 11.4 Å². The van der Waals surface area contributed by atoms with Gasteiger partial charge in [0.15, 0.2) is 5.65 Å². The number of anilines is 1. The van der Waals surface area contributed by atoms with E-state index >= 15 is 0 Å². The molecular formula is C19H13ClN6O3S.